The highest BCUT2D eigenvalue weighted by atomic mass is 35.5. The normalized spacial score (nSPS) is 11.8. The summed E-state index contributed by atoms with van der Waals surface area (Å²) in [5, 5.41) is 1.51. The highest BCUT2D eigenvalue weighted by molar-refractivity contribution is 6.32. The lowest BCUT2D eigenvalue weighted by atomic mass is 10.1. The van der Waals surface area contributed by atoms with Crippen LogP contribution in [0.25, 0.3) is 10.9 Å². The van der Waals surface area contributed by atoms with Crippen LogP contribution in [0.4, 0.5) is 13.2 Å². The summed E-state index contributed by atoms with van der Waals surface area (Å²) in [7, 11) is 1.56. The van der Waals surface area contributed by atoms with Crippen molar-refractivity contribution in [2.24, 2.45) is 0 Å². The molecule has 0 spiro atoms. The number of ether oxygens (including phenoxy) is 2. The summed E-state index contributed by atoms with van der Waals surface area (Å²) in [6.07, 6.45) is -3.90. The number of methoxy groups -OCH3 is 1. The molecule has 0 saturated carbocycles. The van der Waals surface area contributed by atoms with Crippen LogP contribution in [0.1, 0.15) is 23.7 Å². The lowest BCUT2D eigenvalue weighted by Crippen LogP contribution is -2.17. The van der Waals surface area contributed by atoms with Gasteiger partial charge in [0.05, 0.1) is 17.6 Å². The van der Waals surface area contributed by atoms with Gasteiger partial charge in [-0.25, -0.2) is 0 Å². The SMILES string of the molecule is CCc1c(C)n(Cc2cccc(OC(F)(F)F)c2)c2cc(Cl)c(OC)cc12. The van der Waals surface area contributed by atoms with Crippen LogP contribution in [0, 0.1) is 6.92 Å². The molecule has 1 heterocycles. The molecule has 27 heavy (non-hydrogen) atoms. The van der Waals surface area contributed by atoms with Crippen molar-refractivity contribution in [3.8, 4) is 11.5 Å². The topological polar surface area (TPSA) is 23.4 Å². The Hall–Kier alpha value is -2.34. The highest BCUT2D eigenvalue weighted by Crippen LogP contribution is 2.35. The molecule has 0 aliphatic rings. The largest absolute Gasteiger partial charge is 0.573 e. The zero-order chi connectivity index (χ0) is 19.8. The van der Waals surface area contributed by atoms with Gasteiger partial charge < -0.3 is 14.0 Å². The second-order valence-electron chi connectivity index (χ2n) is 6.20. The molecule has 0 aliphatic carbocycles. The molecule has 1 aromatic heterocycles. The number of aryl methyl sites for hydroxylation is 1. The van der Waals surface area contributed by atoms with Gasteiger partial charge in [0.15, 0.2) is 0 Å². The zero-order valence-electron chi connectivity index (χ0n) is 15.2. The van der Waals surface area contributed by atoms with Gasteiger partial charge in [-0.1, -0.05) is 30.7 Å². The van der Waals surface area contributed by atoms with Gasteiger partial charge in [-0.3, -0.25) is 0 Å². The molecule has 7 heteroatoms. The van der Waals surface area contributed by atoms with Gasteiger partial charge in [0, 0.05) is 17.6 Å². The third-order valence-corrected chi connectivity index (χ3v) is 4.85. The quantitative estimate of drug-likeness (QED) is 0.517. The minimum Gasteiger partial charge on any atom is -0.495 e. The molecular weight excluding hydrogens is 379 g/mol. The summed E-state index contributed by atoms with van der Waals surface area (Å²) in [5.41, 5.74) is 3.81. The average molecular weight is 398 g/mol. The molecule has 3 aromatic rings. The molecule has 0 saturated heterocycles. The van der Waals surface area contributed by atoms with Gasteiger partial charge in [-0.2, -0.15) is 0 Å². The molecular formula is C20H19ClF3NO2. The molecule has 0 atom stereocenters. The van der Waals surface area contributed by atoms with Crippen molar-refractivity contribution in [1.82, 2.24) is 4.57 Å². The number of benzene rings is 2. The van der Waals surface area contributed by atoms with E-state index in [0.29, 0.717) is 22.9 Å². The molecule has 0 amide bonds. The second kappa shape index (κ2) is 7.35. The molecule has 0 aliphatic heterocycles. The highest BCUT2D eigenvalue weighted by Gasteiger charge is 2.31. The Kier molecular flexibility index (Phi) is 5.29. The van der Waals surface area contributed by atoms with Crippen molar-refractivity contribution in [3.63, 3.8) is 0 Å². The lowest BCUT2D eigenvalue weighted by molar-refractivity contribution is -0.274. The number of hydrogen-bond donors (Lipinski definition) is 0. The van der Waals surface area contributed by atoms with Gasteiger partial charge in [-0.05, 0) is 48.7 Å². The predicted octanol–water partition coefficient (Wildman–Crippen LogP) is 6.12. The molecule has 3 nitrogen and oxygen atoms in total. The van der Waals surface area contributed by atoms with E-state index in [2.05, 4.69) is 11.7 Å². The van der Waals surface area contributed by atoms with Crippen molar-refractivity contribution in [1.29, 1.82) is 0 Å². The second-order valence-corrected chi connectivity index (χ2v) is 6.61. The standard InChI is InChI=1S/C20H19ClF3NO2/c1-4-15-12(2)25(18-10-17(21)19(26-3)9-16(15)18)11-13-6-5-7-14(8-13)27-20(22,23)24/h5-10H,4,11H2,1-3H3. The van der Waals surface area contributed by atoms with Crippen LogP contribution in [-0.4, -0.2) is 18.0 Å². The summed E-state index contributed by atoms with van der Waals surface area (Å²) in [6, 6.07) is 9.74. The Morgan fingerprint density at radius 3 is 2.52 bits per heavy atom. The van der Waals surface area contributed by atoms with Crippen molar-refractivity contribution in [2.45, 2.75) is 33.2 Å². The molecule has 144 valence electrons. The predicted molar refractivity (Wildman–Crippen MR) is 99.8 cm³/mol. The van der Waals surface area contributed by atoms with Crippen LogP contribution >= 0.6 is 11.6 Å². The van der Waals surface area contributed by atoms with E-state index in [1.807, 2.05) is 23.6 Å². The minimum absolute atomic E-state index is 0.232. The third kappa shape index (κ3) is 4.00. The Labute approximate surface area is 160 Å². The molecule has 3 rings (SSSR count). The number of hydrogen-bond acceptors (Lipinski definition) is 2. The van der Waals surface area contributed by atoms with Gasteiger partial charge in [0.2, 0.25) is 0 Å². The van der Waals surface area contributed by atoms with Crippen LogP contribution in [0.3, 0.4) is 0 Å². The Morgan fingerprint density at radius 2 is 1.89 bits per heavy atom. The first kappa shape index (κ1) is 19.4. The van der Waals surface area contributed by atoms with Gasteiger partial charge in [-0.15, -0.1) is 13.2 Å². The van der Waals surface area contributed by atoms with E-state index >= 15 is 0 Å². The summed E-state index contributed by atoms with van der Waals surface area (Å²) in [5.74, 6) is 0.362. The summed E-state index contributed by atoms with van der Waals surface area (Å²) in [6.45, 7) is 4.46. The minimum atomic E-state index is -4.71. The molecule has 0 N–H and O–H groups in total. The smallest absolute Gasteiger partial charge is 0.495 e. The summed E-state index contributed by atoms with van der Waals surface area (Å²) >= 11 is 6.30. The van der Waals surface area contributed by atoms with E-state index in [9.17, 15) is 13.2 Å². The van der Waals surface area contributed by atoms with E-state index in [4.69, 9.17) is 16.3 Å². The molecule has 0 bridgehead atoms. The maximum absolute atomic E-state index is 12.5. The van der Waals surface area contributed by atoms with Crippen LogP contribution in [-0.2, 0) is 13.0 Å². The van der Waals surface area contributed by atoms with Crippen LogP contribution in [0.5, 0.6) is 11.5 Å². The fourth-order valence-corrected chi connectivity index (χ4v) is 3.61. The Balaban J connectivity index is 2.06. The van der Waals surface area contributed by atoms with E-state index in [0.717, 1.165) is 28.6 Å². The van der Waals surface area contributed by atoms with Crippen molar-refractivity contribution in [3.05, 3.63) is 58.2 Å². The van der Waals surface area contributed by atoms with Gasteiger partial charge >= 0.3 is 6.36 Å². The fourth-order valence-electron chi connectivity index (χ4n) is 3.38. The number of fused-ring (bicyclic) bond motifs is 1. The van der Waals surface area contributed by atoms with E-state index < -0.39 is 6.36 Å². The lowest BCUT2D eigenvalue weighted by Gasteiger charge is -2.12. The Morgan fingerprint density at radius 1 is 1.15 bits per heavy atom. The molecule has 0 unspecified atom stereocenters. The van der Waals surface area contributed by atoms with Crippen molar-refractivity contribution >= 4 is 22.5 Å². The van der Waals surface area contributed by atoms with Gasteiger partial charge in [0.1, 0.15) is 11.5 Å². The first-order chi connectivity index (χ1) is 12.7. The summed E-state index contributed by atoms with van der Waals surface area (Å²) in [4.78, 5) is 0. The third-order valence-electron chi connectivity index (χ3n) is 4.55. The number of alkyl halides is 3. The molecule has 2 aromatic carbocycles. The molecule has 0 radical (unpaired) electrons. The first-order valence-corrected chi connectivity index (χ1v) is 8.81. The summed E-state index contributed by atoms with van der Waals surface area (Å²) < 4.78 is 48.8. The fraction of sp³-hybridized carbons (Fsp3) is 0.300. The number of nitrogens with zero attached hydrogens (tertiary/aromatic N) is 1. The number of aromatic nitrogens is 1. The van der Waals surface area contributed by atoms with Crippen molar-refractivity contribution < 1.29 is 22.6 Å². The van der Waals surface area contributed by atoms with E-state index in [-0.39, 0.29) is 5.75 Å². The Bertz CT molecular complexity index is 979. The van der Waals surface area contributed by atoms with Gasteiger partial charge in [0.25, 0.3) is 0 Å². The van der Waals surface area contributed by atoms with E-state index in [1.165, 1.54) is 12.1 Å². The number of rotatable bonds is 5. The molecule has 0 fully saturated rings. The monoisotopic (exact) mass is 397 g/mol. The number of halogens is 4. The van der Waals surface area contributed by atoms with Crippen LogP contribution < -0.4 is 9.47 Å². The first-order valence-electron chi connectivity index (χ1n) is 8.43. The van der Waals surface area contributed by atoms with Crippen LogP contribution in [0.2, 0.25) is 5.02 Å². The van der Waals surface area contributed by atoms with Crippen LogP contribution in [0.15, 0.2) is 36.4 Å². The maximum atomic E-state index is 12.5. The average Bonchev–Trinajstić information content (AvgIpc) is 2.84. The van der Waals surface area contributed by atoms with E-state index in [1.54, 1.807) is 19.2 Å². The zero-order valence-corrected chi connectivity index (χ0v) is 15.9. The maximum Gasteiger partial charge on any atom is 0.573 e. The van der Waals surface area contributed by atoms with Crippen molar-refractivity contribution in [2.75, 3.05) is 7.11 Å².